The van der Waals surface area contributed by atoms with Gasteiger partial charge in [0.1, 0.15) is 12.4 Å². The van der Waals surface area contributed by atoms with E-state index < -0.39 is 10.8 Å². The van der Waals surface area contributed by atoms with Crippen LogP contribution in [0, 0.1) is 10.1 Å². The monoisotopic (exact) mass is 459 g/mol. The third-order valence-corrected chi connectivity index (χ3v) is 5.09. The topological polar surface area (TPSA) is 93.8 Å². The van der Waals surface area contributed by atoms with Crippen molar-refractivity contribution in [2.45, 2.75) is 6.61 Å². The first kappa shape index (κ1) is 19.7. The SMILES string of the molecule is O=C(NN=Cc1ccc([N+](=O)[O-])s1)c1ccccc1OCc1ccc(Br)cc1. The largest absolute Gasteiger partial charge is 0.488 e. The summed E-state index contributed by atoms with van der Waals surface area (Å²) in [5.74, 6) is -0.00130. The maximum atomic E-state index is 12.4. The number of halogens is 1. The van der Waals surface area contributed by atoms with Gasteiger partial charge in [0.15, 0.2) is 0 Å². The Balaban J connectivity index is 1.63. The standard InChI is InChI=1S/C19H14BrN3O4S/c20-14-7-5-13(6-8-14)12-27-17-4-2-1-3-16(17)19(24)22-21-11-15-9-10-18(28-15)23(25)26/h1-11H,12H2,(H,22,24). The Labute approximate surface area is 172 Å². The first-order valence-corrected chi connectivity index (χ1v) is 9.68. The third-order valence-electron chi connectivity index (χ3n) is 3.59. The summed E-state index contributed by atoms with van der Waals surface area (Å²) in [5, 5.41) is 14.6. The number of amides is 1. The number of hydrazone groups is 1. The van der Waals surface area contributed by atoms with Crippen LogP contribution in [0.4, 0.5) is 5.00 Å². The van der Waals surface area contributed by atoms with Gasteiger partial charge in [-0.1, -0.05) is 51.5 Å². The van der Waals surface area contributed by atoms with E-state index in [1.165, 1.54) is 12.3 Å². The molecule has 2 aromatic carbocycles. The molecule has 1 aromatic heterocycles. The molecule has 1 heterocycles. The summed E-state index contributed by atoms with van der Waals surface area (Å²) in [5.41, 5.74) is 3.72. The van der Waals surface area contributed by atoms with E-state index in [-0.39, 0.29) is 5.00 Å². The number of carbonyl (C=O) groups is 1. The van der Waals surface area contributed by atoms with Crippen LogP contribution < -0.4 is 10.2 Å². The summed E-state index contributed by atoms with van der Waals surface area (Å²) in [6.45, 7) is 0.319. The van der Waals surface area contributed by atoms with Crippen LogP contribution in [0.1, 0.15) is 20.8 Å². The number of ether oxygens (including phenoxy) is 1. The molecule has 0 fully saturated rings. The zero-order chi connectivity index (χ0) is 19.9. The zero-order valence-corrected chi connectivity index (χ0v) is 16.8. The molecule has 0 aliphatic rings. The first-order chi connectivity index (χ1) is 13.5. The van der Waals surface area contributed by atoms with Crippen LogP contribution in [0.25, 0.3) is 0 Å². The lowest BCUT2D eigenvalue weighted by atomic mass is 10.2. The van der Waals surface area contributed by atoms with Crippen molar-refractivity contribution in [1.82, 2.24) is 5.43 Å². The molecule has 0 saturated heterocycles. The smallest absolute Gasteiger partial charge is 0.324 e. The second-order valence-corrected chi connectivity index (χ2v) is 7.55. The molecule has 0 spiro atoms. The van der Waals surface area contributed by atoms with E-state index in [0.717, 1.165) is 21.4 Å². The van der Waals surface area contributed by atoms with Crippen molar-refractivity contribution in [3.05, 3.63) is 91.3 Å². The van der Waals surface area contributed by atoms with E-state index >= 15 is 0 Å². The number of hydrogen-bond acceptors (Lipinski definition) is 6. The van der Waals surface area contributed by atoms with Crippen molar-refractivity contribution in [1.29, 1.82) is 0 Å². The maximum Gasteiger partial charge on any atom is 0.324 e. The molecule has 0 bridgehead atoms. The number of nitrogens with zero attached hydrogens (tertiary/aromatic N) is 2. The van der Waals surface area contributed by atoms with Crippen LogP contribution in [-0.4, -0.2) is 17.0 Å². The number of rotatable bonds is 7. The molecule has 0 atom stereocenters. The molecule has 0 saturated carbocycles. The number of thiophene rings is 1. The van der Waals surface area contributed by atoms with E-state index in [0.29, 0.717) is 22.8 Å². The van der Waals surface area contributed by atoms with Crippen molar-refractivity contribution < 1.29 is 14.5 Å². The predicted molar refractivity (Wildman–Crippen MR) is 111 cm³/mol. The first-order valence-electron chi connectivity index (χ1n) is 8.07. The molecule has 0 aliphatic carbocycles. The van der Waals surface area contributed by atoms with Gasteiger partial charge in [0.05, 0.1) is 21.6 Å². The van der Waals surface area contributed by atoms with Crippen molar-refractivity contribution >= 4 is 44.4 Å². The zero-order valence-electron chi connectivity index (χ0n) is 14.4. The number of para-hydroxylation sites is 1. The van der Waals surface area contributed by atoms with Crippen LogP contribution in [-0.2, 0) is 6.61 Å². The Bertz CT molecular complexity index is 1020. The van der Waals surface area contributed by atoms with Gasteiger partial charge in [-0.05, 0) is 35.9 Å². The van der Waals surface area contributed by atoms with Gasteiger partial charge in [0.2, 0.25) is 0 Å². The fourth-order valence-corrected chi connectivity index (χ4v) is 3.20. The predicted octanol–water partition coefficient (Wildman–Crippen LogP) is 4.76. The summed E-state index contributed by atoms with van der Waals surface area (Å²) in [4.78, 5) is 23.2. The minimum absolute atomic E-state index is 0.0134. The second-order valence-electron chi connectivity index (χ2n) is 5.54. The molecule has 142 valence electrons. The Morgan fingerprint density at radius 2 is 1.93 bits per heavy atom. The van der Waals surface area contributed by atoms with Gasteiger partial charge in [0.25, 0.3) is 5.91 Å². The molecule has 0 radical (unpaired) electrons. The summed E-state index contributed by atoms with van der Waals surface area (Å²) in [7, 11) is 0. The number of carbonyl (C=O) groups excluding carboxylic acids is 1. The Morgan fingerprint density at radius 1 is 1.18 bits per heavy atom. The average Bonchev–Trinajstić information content (AvgIpc) is 3.17. The van der Waals surface area contributed by atoms with Gasteiger partial charge in [-0.2, -0.15) is 5.10 Å². The highest BCUT2D eigenvalue weighted by Crippen LogP contribution is 2.22. The lowest BCUT2D eigenvalue weighted by Gasteiger charge is -2.10. The van der Waals surface area contributed by atoms with Crippen LogP contribution in [0.3, 0.4) is 0 Å². The summed E-state index contributed by atoms with van der Waals surface area (Å²) in [6, 6.07) is 17.5. The Kier molecular flexibility index (Phi) is 6.51. The lowest BCUT2D eigenvalue weighted by Crippen LogP contribution is -2.18. The van der Waals surface area contributed by atoms with E-state index in [2.05, 4.69) is 26.5 Å². The van der Waals surface area contributed by atoms with Crippen molar-refractivity contribution in [2.24, 2.45) is 5.10 Å². The lowest BCUT2D eigenvalue weighted by molar-refractivity contribution is -0.380. The van der Waals surface area contributed by atoms with Gasteiger partial charge >= 0.3 is 5.00 Å². The molecule has 0 unspecified atom stereocenters. The average molecular weight is 460 g/mol. The highest BCUT2D eigenvalue weighted by atomic mass is 79.9. The third kappa shape index (κ3) is 5.24. The Morgan fingerprint density at radius 3 is 2.64 bits per heavy atom. The minimum atomic E-state index is -0.473. The molecule has 1 N–H and O–H groups in total. The van der Waals surface area contributed by atoms with Crippen LogP contribution >= 0.6 is 27.3 Å². The molecule has 28 heavy (non-hydrogen) atoms. The summed E-state index contributed by atoms with van der Waals surface area (Å²) < 4.78 is 6.75. The number of nitrogens with one attached hydrogen (secondary N) is 1. The van der Waals surface area contributed by atoms with Crippen molar-refractivity contribution in [3.63, 3.8) is 0 Å². The molecule has 7 nitrogen and oxygen atoms in total. The number of benzene rings is 2. The molecule has 3 aromatic rings. The molecule has 1 amide bonds. The fourth-order valence-electron chi connectivity index (χ4n) is 2.25. The maximum absolute atomic E-state index is 12.4. The highest BCUT2D eigenvalue weighted by Gasteiger charge is 2.12. The Hall–Kier alpha value is -3.04. The van der Waals surface area contributed by atoms with E-state index in [1.807, 2.05) is 24.3 Å². The quantitative estimate of drug-likeness (QED) is 0.313. The molecule has 9 heteroatoms. The van der Waals surface area contributed by atoms with Gasteiger partial charge < -0.3 is 4.74 Å². The van der Waals surface area contributed by atoms with E-state index in [1.54, 1.807) is 30.3 Å². The van der Waals surface area contributed by atoms with E-state index in [4.69, 9.17) is 4.74 Å². The summed E-state index contributed by atoms with van der Waals surface area (Å²) >= 11 is 4.35. The summed E-state index contributed by atoms with van der Waals surface area (Å²) in [6.07, 6.45) is 1.36. The van der Waals surface area contributed by atoms with Crippen molar-refractivity contribution in [3.8, 4) is 5.75 Å². The van der Waals surface area contributed by atoms with Crippen molar-refractivity contribution in [2.75, 3.05) is 0 Å². The number of hydrogen-bond donors (Lipinski definition) is 1. The van der Waals surface area contributed by atoms with Gasteiger partial charge in [-0.25, -0.2) is 5.43 Å². The van der Waals surface area contributed by atoms with Gasteiger partial charge in [-0.15, -0.1) is 0 Å². The number of nitro groups is 1. The molecular formula is C19H14BrN3O4S. The normalized spacial score (nSPS) is 10.8. The fraction of sp³-hybridized carbons (Fsp3) is 0.0526. The van der Waals surface area contributed by atoms with Gasteiger partial charge in [0, 0.05) is 10.5 Å². The minimum Gasteiger partial charge on any atom is -0.488 e. The van der Waals surface area contributed by atoms with Crippen LogP contribution in [0.2, 0.25) is 0 Å². The highest BCUT2D eigenvalue weighted by molar-refractivity contribution is 9.10. The van der Waals surface area contributed by atoms with E-state index in [9.17, 15) is 14.9 Å². The molecular weight excluding hydrogens is 446 g/mol. The molecule has 0 aliphatic heterocycles. The molecule has 3 rings (SSSR count). The van der Waals surface area contributed by atoms with Crippen LogP contribution in [0.5, 0.6) is 5.75 Å². The second kappa shape index (κ2) is 9.25. The van der Waals surface area contributed by atoms with Crippen LogP contribution in [0.15, 0.2) is 70.2 Å². The van der Waals surface area contributed by atoms with Gasteiger partial charge in [-0.3, -0.25) is 14.9 Å².